The van der Waals surface area contributed by atoms with Crippen LogP contribution in [0.25, 0.3) is 0 Å². The Morgan fingerprint density at radius 2 is 1.46 bits per heavy atom. The molecule has 0 aliphatic carbocycles. The number of esters is 1. The average Bonchev–Trinajstić information content (AvgIpc) is 2.66. The van der Waals surface area contributed by atoms with Gasteiger partial charge in [-0.15, -0.1) is 0 Å². The zero-order valence-corrected chi connectivity index (χ0v) is 18.3. The number of benzene rings is 2. The molecule has 2 aromatic rings. The van der Waals surface area contributed by atoms with E-state index in [0.717, 1.165) is 10.6 Å². The molecular formula is C21H26NO4PS. The number of alkyl carbamates (subject to hydrolysis) is 1. The molecule has 1 N–H and O–H groups in total. The smallest absolute Gasteiger partial charge is 0.408 e. The summed E-state index contributed by atoms with van der Waals surface area (Å²) in [5.74, 6) is -0.549. The van der Waals surface area contributed by atoms with Gasteiger partial charge in [-0.3, -0.25) is 0 Å². The Bertz CT molecular complexity index is 806. The first-order chi connectivity index (χ1) is 13.2. The molecule has 0 bridgehead atoms. The van der Waals surface area contributed by atoms with Crippen LogP contribution < -0.4 is 15.9 Å². The minimum absolute atomic E-state index is 0.252. The third-order valence-electron chi connectivity index (χ3n) is 3.96. The Labute approximate surface area is 171 Å². The lowest BCUT2D eigenvalue weighted by Gasteiger charge is -2.28. The molecule has 7 heteroatoms. The van der Waals surface area contributed by atoms with Crippen LogP contribution in [-0.2, 0) is 26.1 Å². The quantitative estimate of drug-likeness (QED) is 0.576. The van der Waals surface area contributed by atoms with Crippen molar-refractivity contribution in [2.24, 2.45) is 0 Å². The molecule has 0 saturated heterocycles. The largest absolute Gasteiger partial charge is 0.467 e. The Hall–Kier alpha value is -2.17. The van der Waals surface area contributed by atoms with Crippen molar-refractivity contribution >= 4 is 40.5 Å². The van der Waals surface area contributed by atoms with E-state index in [1.54, 1.807) is 20.8 Å². The van der Waals surface area contributed by atoms with Crippen LogP contribution in [0.4, 0.5) is 4.79 Å². The Balaban J connectivity index is 2.40. The van der Waals surface area contributed by atoms with E-state index in [9.17, 15) is 9.59 Å². The molecule has 2 aromatic carbocycles. The third kappa shape index (κ3) is 5.91. The zero-order valence-electron chi connectivity index (χ0n) is 16.5. The summed E-state index contributed by atoms with van der Waals surface area (Å²) in [6.07, 6.45) is -0.423. The van der Waals surface area contributed by atoms with Crippen LogP contribution in [0.15, 0.2) is 60.7 Å². The second-order valence-electron chi connectivity index (χ2n) is 7.32. The van der Waals surface area contributed by atoms with Gasteiger partial charge >= 0.3 is 12.1 Å². The van der Waals surface area contributed by atoms with Gasteiger partial charge in [-0.1, -0.05) is 72.5 Å². The summed E-state index contributed by atoms with van der Waals surface area (Å²) in [4.78, 5) is 24.7. The number of ether oxygens (including phenoxy) is 2. The molecule has 2 rings (SSSR count). The second kappa shape index (κ2) is 9.35. The molecule has 0 unspecified atom stereocenters. The summed E-state index contributed by atoms with van der Waals surface area (Å²) in [6.45, 7) is 5.29. The van der Waals surface area contributed by atoms with E-state index >= 15 is 0 Å². The minimum Gasteiger partial charge on any atom is -0.467 e. The van der Waals surface area contributed by atoms with E-state index in [4.69, 9.17) is 21.3 Å². The standard InChI is InChI=1S/C21H26NO4PS/c1-21(2,3)26-20(24)22-18(19(23)25-4)15-27(28,16-11-7-5-8-12-16)17-13-9-6-10-14-17/h5-14,18H,15H2,1-4H3,(H,22,24)/t18-/m1/s1. The highest BCUT2D eigenvalue weighted by molar-refractivity contribution is 8.22. The number of amides is 1. The van der Waals surface area contributed by atoms with Crippen LogP contribution in [0.2, 0.25) is 0 Å². The normalized spacial score (nSPS) is 12.7. The molecule has 1 atom stereocenters. The number of nitrogens with one attached hydrogen (secondary N) is 1. The topological polar surface area (TPSA) is 64.6 Å². The van der Waals surface area contributed by atoms with E-state index in [2.05, 4.69) is 5.32 Å². The van der Waals surface area contributed by atoms with Crippen LogP contribution >= 0.6 is 6.04 Å². The summed E-state index contributed by atoms with van der Waals surface area (Å²) in [7, 11) is 1.29. The lowest BCUT2D eigenvalue weighted by Crippen LogP contribution is -2.47. The van der Waals surface area contributed by atoms with Crippen LogP contribution in [0.1, 0.15) is 20.8 Å². The number of methoxy groups -OCH3 is 1. The lowest BCUT2D eigenvalue weighted by molar-refractivity contribution is -0.142. The molecule has 150 valence electrons. The molecule has 0 aliphatic rings. The summed E-state index contributed by atoms with van der Waals surface area (Å²) in [5.41, 5.74) is -0.677. The van der Waals surface area contributed by atoms with Crippen molar-refractivity contribution in [3.05, 3.63) is 60.7 Å². The molecule has 0 radical (unpaired) electrons. The third-order valence-corrected chi connectivity index (χ3v) is 8.82. The number of rotatable bonds is 6. The SMILES string of the molecule is COC(=O)[C@@H](CP(=S)(c1ccccc1)c1ccccc1)NC(=O)OC(C)(C)C. The van der Waals surface area contributed by atoms with Crippen LogP contribution in [0.3, 0.4) is 0 Å². The molecule has 0 aromatic heterocycles. The summed E-state index contributed by atoms with van der Waals surface area (Å²) in [6, 6.07) is 16.1. The number of carbonyl (C=O) groups excluding carboxylic acids is 2. The Kier molecular flexibility index (Phi) is 7.39. The molecule has 0 spiro atoms. The van der Waals surface area contributed by atoms with Crippen LogP contribution in [0.5, 0.6) is 0 Å². The fourth-order valence-electron chi connectivity index (χ4n) is 2.73. The maximum absolute atomic E-state index is 12.4. The molecule has 0 heterocycles. The van der Waals surface area contributed by atoms with Crippen LogP contribution in [-0.4, -0.2) is 37.0 Å². The first kappa shape index (κ1) is 22.1. The number of hydrogen-bond acceptors (Lipinski definition) is 5. The van der Waals surface area contributed by atoms with Crippen molar-refractivity contribution in [1.29, 1.82) is 0 Å². The highest BCUT2D eigenvalue weighted by Crippen LogP contribution is 2.44. The highest BCUT2D eigenvalue weighted by atomic mass is 32.4. The molecule has 1 amide bonds. The van der Waals surface area contributed by atoms with Crippen molar-refractivity contribution in [1.82, 2.24) is 5.32 Å². The Morgan fingerprint density at radius 1 is 1.00 bits per heavy atom. The minimum atomic E-state index is -2.39. The fraction of sp³-hybridized carbons (Fsp3) is 0.333. The number of hydrogen-bond donors (Lipinski definition) is 1. The average molecular weight is 419 g/mol. The number of carbonyl (C=O) groups is 2. The molecule has 0 fully saturated rings. The summed E-state index contributed by atoms with van der Waals surface area (Å²) >= 11 is 6.15. The fourth-order valence-corrected chi connectivity index (χ4v) is 6.69. The maximum atomic E-state index is 12.4. The Morgan fingerprint density at radius 3 is 1.86 bits per heavy atom. The molecule has 0 aliphatic heterocycles. The lowest BCUT2D eigenvalue weighted by atomic mass is 10.2. The van der Waals surface area contributed by atoms with Crippen molar-refractivity contribution in [3.8, 4) is 0 Å². The molecule has 5 nitrogen and oxygen atoms in total. The van der Waals surface area contributed by atoms with Gasteiger partial charge in [0, 0.05) is 12.2 Å². The second-order valence-corrected chi connectivity index (χ2v) is 12.1. The first-order valence-electron chi connectivity index (χ1n) is 8.93. The predicted molar refractivity (Wildman–Crippen MR) is 116 cm³/mol. The molecule has 28 heavy (non-hydrogen) atoms. The summed E-state index contributed by atoms with van der Waals surface area (Å²) < 4.78 is 10.2. The van der Waals surface area contributed by atoms with Gasteiger partial charge in [0.2, 0.25) is 0 Å². The van der Waals surface area contributed by atoms with Crippen molar-refractivity contribution in [3.63, 3.8) is 0 Å². The van der Waals surface area contributed by atoms with Gasteiger partial charge < -0.3 is 14.8 Å². The van der Waals surface area contributed by atoms with E-state index in [-0.39, 0.29) is 6.16 Å². The van der Waals surface area contributed by atoms with E-state index < -0.39 is 29.7 Å². The molecule has 0 saturated carbocycles. The first-order valence-corrected chi connectivity index (χ1v) is 11.9. The van der Waals surface area contributed by atoms with Gasteiger partial charge in [0.05, 0.1) is 7.11 Å². The van der Waals surface area contributed by atoms with Crippen molar-refractivity contribution in [2.45, 2.75) is 32.4 Å². The zero-order chi connectivity index (χ0) is 20.8. The van der Waals surface area contributed by atoms with Gasteiger partial charge in [-0.05, 0) is 31.4 Å². The van der Waals surface area contributed by atoms with E-state index in [1.165, 1.54) is 7.11 Å². The van der Waals surface area contributed by atoms with Crippen molar-refractivity contribution < 1.29 is 19.1 Å². The van der Waals surface area contributed by atoms with E-state index in [0.29, 0.717) is 0 Å². The molecular weight excluding hydrogens is 393 g/mol. The van der Waals surface area contributed by atoms with Crippen molar-refractivity contribution in [2.75, 3.05) is 13.3 Å². The van der Waals surface area contributed by atoms with E-state index in [1.807, 2.05) is 60.7 Å². The van der Waals surface area contributed by atoms with Gasteiger partial charge in [-0.2, -0.15) is 0 Å². The summed E-state index contributed by atoms with van der Waals surface area (Å²) in [5, 5.41) is 4.58. The maximum Gasteiger partial charge on any atom is 0.408 e. The monoisotopic (exact) mass is 419 g/mol. The van der Waals surface area contributed by atoms with Gasteiger partial charge in [0.15, 0.2) is 0 Å². The van der Waals surface area contributed by atoms with Gasteiger partial charge in [0.1, 0.15) is 11.6 Å². The van der Waals surface area contributed by atoms with Crippen LogP contribution in [0, 0.1) is 0 Å². The van der Waals surface area contributed by atoms with Gasteiger partial charge in [-0.25, -0.2) is 9.59 Å². The highest BCUT2D eigenvalue weighted by Gasteiger charge is 2.33. The predicted octanol–water partition coefficient (Wildman–Crippen LogP) is 3.18. The van der Waals surface area contributed by atoms with Gasteiger partial charge in [0.25, 0.3) is 0 Å².